The van der Waals surface area contributed by atoms with Gasteiger partial charge in [-0.25, -0.2) is 13.6 Å². The van der Waals surface area contributed by atoms with E-state index in [4.69, 9.17) is 14.6 Å². The molecule has 0 atom stereocenters. The maximum Gasteiger partial charge on any atom is 0.247 e. The molecule has 0 fully saturated rings. The largest absolute Gasteiger partial charge is 0.383 e. The van der Waals surface area contributed by atoms with Gasteiger partial charge in [0, 0.05) is 44.1 Å². The van der Waals surface area contributed by atoms with Crippen LogP contribution in [0.5, 0.6) is 0 Å². The van der Waals surface area contributed by atoms with Crippen molar-refractivity contribution in [3.8, 4) is 0 Å². The van der Waals surface area contributed by atoms with Gasteiger partial charge in [-0.1, -0.05) is 0 Å². The number of nitrogens with two attached hydrogens (primary N) is 1. The zero-order chi connectivity index (χ0) is 16.2. The van der Waals surface area contributed by atoms with Gasteiger partial charge in [0.15, 0.2) is 0 Å². The molecule has 0 saturated heterocycles. The monoisotopic (exact) mass is 364 g/mol. The van der Waals surface area contributed by atoms with E-state index in [0.717, 1.165) is 29.0 Å². The summed E-state index contributed by atoms with van der Waals surface area (Å²) in [5.41, 5.74) is 0. The van der Waals surface area contributed by atoms with Crippen LogP contribution in [0.2, 0.25) is 0 Å². The van der Waals surface area contributed by atoms with Crippen LogP contribution >= 0.6 is 22.7 Å². The summed E-state index contributed by atoms with van der Waals surface area (Å²) in [5.74, 6) is 0. The van der Waals surface area contributed by atoms with Crippen LogP contribution in [0.15, 0.2) is 16.3 Å². The summed E-state index contributed by atoms with van der Waals surface area (Å²) >= 11 is 2.83. The van der Waals surface area contributed by atoms with Crippen molar-refractivity contribution in [1.82, 2.24) is 4.90 Å². The molecule has 0 aliphatic carbocycles. The van der Waals surface area contributed by atoms with Gasteiger partial charge < -0.3 is 9.47 Å². The molecule has 0 bridgehead atoms. The highest BCUT2D eigenvalue weighted by Gasteiger charge is 2.15. The van der Waals surface area contributed by atoms with Gasteiger partial charge in [-0.05, 0) is 12.1 Å². The van der Waals surface area contributed by atoms with E-state index < -0.39 is 10.0 Å². The molecule has 0 radical (unpaired) electrons. The summed E-state index contributed by atoms with van der Waals surface area (Å²) in [7, 11) is -0.243. The number of hydrogen-bond donors (Lipinski definition) is 1. The quantitative estimate of drug-likeness (QED) is 0.732. The van der Waals surface area contributed by atoms with Crippen molar-refractivity contribution >= 4 is 42.1 Å². The third-order valence-corrected chi connectivity index (χ3v) is 6.92. The minimum Gasteiger partial charge on any atom is -0.383 e. The lowest BCUT2D eigenvalue weighted by Gasteiger charge is -2.20. The first kappa shape index (κ1) is 17.8. The van der Waals surface area contributed by atoms with Gasteiger partial charge in [0.25, 0.3) is 0 Å². The van der Waals surface area contributed by atoms with E-state index in [-0.39, 0.29) is 4.21 Å². The Morgan fingerprint density at radius 3 is 2.27 bits per heavy atom. The van der Waals surface area contributed by atoms with Crippen molar-refractivity contribution in [2.45, 2.75) is 10.8 Å². The van der Waals surface area contributed by atoms with Crippen LogP contribution in [0.3, 0.4) is 0 Å². The summed E-state index contributed by atoms with van der Waals surface area (Å²) in [6.45, 7) is 3.78. The topological polar surface area (TPSA) is 81.9 Å². The Hall–Kier alpha value is -0.550. The van der Waals surface area contributed by atoms with Crippen molar-refractivity contribution in [2.75, 3.05) is 40.5 Å². The lowest BCUT2D eigenvalue weighted by molar-refractivity contribution is 0.111. The SMILES string of the molecule is COCCN(CCOC)Cc1cc2cc(S(N)(=O)=O)sc2s1. The van der Waals surface area contributed by atoms with Gasteiger partial charge in [-0.3, -0.25) is 4.90 Å². The molecule has 0 spiro atoms. The molecule has 0 aliphatic rings. The zero-order valence-electron chi connectivity index (χ0n) is 12.6. The second kappa shape index (κ2) is 7.82. The van der Waals surface area contributed by atoms with Crippen molar-refractivity contribution in [1.29, 1.82) is 0 Å². The van der Waals surface area contributed by atoms with Gasteiger partial charge in [-0.15, -0.1) is 22.7 Å². The molecule has 2 rings (SSSR count). The summed E-state index contributed by atoms with van der Waals surface area (Å²) < 4.78 is 34.2. The summed E-state index contributed by atoms with van der Waals surface area (Å²) in [5, 5.41) is 6.10. The molecule has 6 nitrogen and oxygen atoms in total. The summed E-state index contributed by atoms with van der Waals surface area (Å²) in [6.07, 6.45) is 0. The molecule has 0 unspecified atom stereocenters. The van der Waals surface area contributed by atoms with Gasteiger partial charge in [0.1, 0.15) is 4.21 Å². The van der Waals surface area contributed by atoms with Crippen LogP contribution in [0.1, 0.15) is 4.88 Å². The first-order valence-corrected chi connectivity index (χ1v) is 9.87. The fourth-order valence-electron chi connectivity index (χ4n) is 2.02. The molecule has 0 amide bonds. The van der Waals surface area contributed by atoms with E-state index in [1.54, 1.807) is 31.6 Å². The number of ether oxygens (including phenoxy) is 2. The Kier molecular flexibility index (Phi) is 6.33. The molecule has 2 N–H and O–H groups in total. The number of hydrogen-bond acceptors (Lipinski definition) is 7. The Labute approximate surface area is 138 Å². The van der Waals surface area contributed by atoms with Gasteiger partial charge in [0.05, 0.1) is 17.2 Å². The van der Waals surface area contributed by atoms with E-state index in [0.29, 0.717) is 13.2 Å². The Morgan fingerprint density at radius 2 is 1.77 bits per heavy atom. The first-order valence-electron chi connectivity index (χ1n) is 6.69. The Balaban J connectivity index is 2.10. The Bertz CT molecular complexity index is 669. The molecule has 124 valence electrons. The molecule has 0 saturated carbocycles. The van der Waals surface area contributed by atoms with Crippen LogP contribution in [-0.4, -0.2) is 53.8 Å². The van der Waals surface area contributed by atoms with E-state index in [1.807, 2.05) is 6.07 Å². The van der Waals surface area contributed by atoms with Crippen LogP contribution in [0.25, 0.3) is 9.40 Å². The maximum absolute atomic E-state index is 11.4. The zero-order valence-corrected chi connectivity index (χ0v) is 15.0. The van der Waals surface area contributed by atoms with Crippen LogP contribution in [0.4, 0.5) is 0 Å². The number of fused-ring (bicyclic) bond motifs is 1. The normalized spacial score (nSPS) is 12.5. The van der Waals surface area contributed by atoms with Crippen LogP contribution in [-0.2, 0) is 26.0 Å². The molecule has 2 aromatic rings. The average molecular weight is 365 g/mol. The van der Waals surface area contributed by atoms with Crippen molar-refractivity contribution < 1.29 is 17.9 Å². The standard InChI is InChI=1S/C13H20N2O4S3/c1-18-5-3-15(4-6-19-2)9-11-7-10-8-12(22(14,16)17)21-13(10)20-11/h7-8H,3-6,9H2,1-2H3,(H2,14,16,17). The third-order valence-electron chi connectivity index (χ3n) is 3.13. The van der Waals surface area contributed by atoms with E-state index >= 15 is 0 Å². The molecular weight excluding hydrogens is 344 g/mol. The fourth-order valence-corrected chi connectivity index (χ4v) is 5.45. The smallest absolute Gasteiger partial charge is 0.247 e. The van der Waals surface area contributed by atoms with Crippen LogP contribution in [0, 0.1) is 0 Å². The van der Waals surface area contributed by atoms with Gasteiger partial charge in [0.2, 0.25) is 10.0 Å². The van der Waals surface area contributed by atoms with E-state index in [1.165, 1.54) is 16.2 Å². The third kappa shape index (κ3) is 4.72. The highest BCUT2D eigenvalue weighted by atomic mass is 32.2. The van der Waals surface area contributed by atoms with Crippen molar-refractivity contribution in [3.63, 3.8) is 0 Å². The molecule has 2 heterocycles. The van der Waals surface area contributed by atoms with Crippen molar-refractivity contribution in [3.05, 3.63) is 17.0 Å². The summed E-state index contributed by atoms with van der Waals surface area (Å²) in [4.78, 5) is 3.44. The molecule has 0 aromatic carbocycles. The number of thiophene rings is 2. The minimum absolute atomic E-state index is 0.218. The van der Waals surface area contributed by atoms with Crippen LogP contribution < -0.4 is 5.14 Å². The average Bonchev–Trinajstić information content (AvgIpc) is 2.99. The van der Waals surface area contributed by atoms with Crippen molar-refractivity contribution in [2.24, 2.45) is 5.14 Å². The molecular formula is C13H20N2O4S3. The number of methoxy groups -OCH3 is 2. The minimum atomic E-state index is -3.61. The highest BCUT2D eigenvalue weighted by Crippen LogP contribution is 2.35. The molecule has 22 heavy (non-hydrogen) atoms. The predicted molar refractivity (Wildman–Crippen MR) is 90.1 cm³/mol. The highest BCUT2D eigenvalue weighted by molar-refractivity contribution is 7.91. The molecule has 2 aromatic heterocycles. The number of nitrogens with zero attached hydrogens (tertiary/aromatic N) is 1. The lowest BCUT2D eigenvalue weighted by atomic mass is 10.3. The molecule has 9 heteroatoms. The van der Waals surface area contributed by atoms with E-state index in [2.05, 4.69) is 4.90 Å². The fraction of sp³-hybridized carbons (Fsp3) is 0.538. The second-order valence-corrected chi connectivity index (χ2v) is 9.06. The van der Waals surface area contributed by atoms with Gasteiger partial charge >= 0.3 is 0 Å². The van der Waals surface area contributed by atoms with Gasteiger partial charge in [-0.2, -0.15) is 0 Å². The number of rotatable bonds is 9. The Morgan fingerprint density at radius 1 is 1.14 bits per heavy atom. The number of sulfonamides is 1. The first-order chi connectivity index (χ1) is 10.4. The predicted octanol–water partition coefficient (Wildman–Crippen LogP) is 1.71. The van der Waals surface area contributed by atoms with E-state index in [9.17, 15) is 8.42 Å². The lowest BCUT2D eigenvalue weighted by Crippen LogP contribution is -2.29. The number of primary sulfonamides is 1. The maximum atomic E-state index is 11.4. The molecule has 0 aliphatic heterocycles. The summed E-state index contributed by atoms with van der Waals surface area (Å²) in [6, 6.07) is 3.67. The second-order valence-electron chi connectivity index (χ2n) is 4.83.